The third-order valence-electron chi connectivity index (χ3n) is 2.50. The van der Waals surface area contributed by atoms with E-state index in [1.807, 2.05) is 13.8 Å². The molecule has 0 radical (unpaired) electrons. The van der Waals surface area contributed by atoms with Gasteiger partial charge in [-0.2, -0.15) is 13.2 Å². The predicted molar refractivity (Wildman–Crippen MR) is 67.3 cm³/mol. The smallest absolute Gasteiger partial charge is 0.370 e. The molecule has 2 N–H and O–H groups in total. The fourth-order valence-electron chi connectivity index (χ4n) is 1.51. The Labute approximate surface area is 109 Å². The van der Waals surface area contributed by atoms with Gasteiger partial charge in [-0.1, -0.05) is 13.8 Å². The zero-order valence-corrected chi connectivity index (χ0v) is 11.0. The fourth-order valence-corrected chi connectivity index (χ4v) is 1.51. The van der Waals surface area contributed by atoms with Gasteiger partial charge in [-0.15, -0.1) is 0 Å². The average Bonchev–Trinajstić information content (AvgIpc) is 2.26. The summed E-state index contributed by atoms with van der Waals surface area (Å²) < 4.78 is 35.8. The summed E-state index contributed by atoms with van der Waals surface area (Å²) in [7, 11) is 0. The minimum Gasteiger partial charge on any atom is -0.370 e. The number of halogens is 3. The van der Waals surface area contributed by atoms with Crippen LogP contribution in [0.15, 0.2) is 10.9 Å². The van der Waals surface area contributed by atoms with E-state index in [1.165, 1.54) is 6.07 Å². The third-order valence-corrected chi connectivity index (χ3v) is 2.50. The molecule has 0 amide bonds. The van der Waals surface area contributed by atoms with Crippen molar-refractivity contribution in [1.29, 1.82) is 0 Å². The maximum Gasteiger partial charge on any atom is 0.389 e. The lowest BCUT2D eigenvalue weighted by atomic mass is 10.2. The average molecular weight is 277 g/mol. The highest BCUT2D eigenvalue weighted by atomic mass is 19.4. The number of aromatic amines is 1. The van der Waals surface area contributed by atoms with Crippen LogP contribution < -0.4 is 10.9 Å². The van der Waals surface area contributed by atoms with Gasteiger partial charge in [-0.3, -0.25) is 4.79 Å². The van der Waals surface area contributed by atoms with Crippen LogP contribution in [-0.2, 0) is 0 Å². The molecule has 0 unspecified atom stereocenters. The summed E-state index contributed by atoms with van der Waals surface area (Å²) in [6.07, 6.45) is -4.44. The number of nitrogens with zero attached hydrogens (tertiary/aromatic N) is 1. The molecule has 1 aromatic heterocycles. The molecule has 1 rings (SSSR count). The molecule has 1 aromatic rings. The molecule has 108 valence electrons. The second kappa shape index (κ2) is 6.58. The molecule has 4 nitrogen and oxygen atoms in total. The number of alkyl halides is 3. The number of unbranched alkanes of at least 4 members (excludes halogenated alkanes) is 1. The van der Waals surface area contributed by atoms with Gasteiger partial charge in [0.25, 0.3) is 5.56 Å². The fraction of sp³-hybridized carbons (Fsp3) is 0.667. The van der Waals surface area contributed by atoms with Crippen molar-refractivity contribution in [1.82, 2.24) is 9.97 Å². The second-order valence-electron chi connectivity index (χ2n) is 4.67. The van der Waals surface area contributed by atoms with Gasteiger partial charge in [0.05, 0.1) is 0 Å². The Balaban J connectivity index is 2.43. The van der Waals surface area contributed by atoms with Crippen molar-refractivity contribution in [3.05, 3.63) is 22.2 Å². The Morgan fingerprint density at radius 3 is 2.63 bits per heavy atom. The Hall–Kier alpha value is -1.53. The number of nitrogens with one attached hydrogen (secondary N) is 2. The van der Waals surface area contributed by atoms with Gasteiger partial charge < -0.3 is 10.3 Å². The van der Waals surface area contributed by atoms with Gasteiger partial charge in [0.2, 0.25) is 0 Å². The van der Waals surface area contributed by atoms with Gasteiger partial charge in [0.1, 0.15) is 11.6 Å². The highest BCUT2D eigenvalue weighted by molar-refractivity contribution is 5.33. The molecule has 0 aliphatic carbocycles. The molecule has 19 heavy (non-hydrogen) atoms. The summed E-state index contributed by atoms with van der Waals surface area (Å²) in [5.41, 5.74) is -0.267. The first-order valence-electron chi connectivity index (χ1n) is 6.20. The molecule has 0 bridgehead atoms. The number of hydrogen-bond donors (Lipinski definition) is 2. The first-order valence-corrected chi connectivity index (χ1v) is 6.20. The Morgan fingerprint density at radius 2 is 2.05 bits per heavy atom. The predicted octanol–water partition coefficient (Wildman–Crippen LogP) is 3.04. The zero-order chi connectivity index (χ0) is 14.5. The second-order valence-corrected chi connectivity index (χ2v) is 4.67. The van der Waals surface area contributed by atoms with Gasteiger partial charge in [0, 0.05) is 24.9 Å². The standard InChI is InChI=1S/C12H18F3N3O/c1-8(2)11-17-9(7-10(19)18-11)16-6-4-3-5-12(13,14)15/h7-8H,3-6H2,1-2H3,(H2,16,17,18,19). The molecular formula is C12H18F3N3O. The summed E-state index contributed by atoms with van der Waals surface area (Å²) >= 11 is 0. The Kier molecular flexibility index (Phi) is 5.38. The highest BCUT2D eigenvalue weighted by Crippen LogP contribution is 2.22. The van der Waals surface area contributed by atoms with E-state index >= 15 is 0 Å². The summed E-state index contributed by atoms with van der Waals surface area (Å²) in [6.45, 7) is 4.15. The van der Waals surface area contributed by atoms with Crippen LogP contribution in [0, 0.1) is 0 Å². The van der Waals surface area contributed by atoms with E-state index in [4.69, 9.17) is 0 Å². The summed E-state index contributed by atoms with van der Waals surface area (Å²) in [6, 6.07) is 1.30. The van der Waals surface area contributed by atoms with Crippen LogP contribution in [0.3, 0.4) is 0 Å². The minimum absolute atomic E-state index is 0.0662. The first kappa shape index (κ1) is 15.5. The largest absolute Gasteiger partial charge is 0.389 e. The number of H-pyrrole nitrogens is 1. The Bertz CT molecular complexity index is 454. The SMILES string of the molecule is CC(C)c1nc(NCCCCC(F)(F)F)cc(=O)[nH]1. The lowest BCUT2D eigenvalue weighted by molar-refractivity contribution is -0.135. The van der Waals surface area contributed by atoms with Crippen molar-refractivity contribution in [2.45, 2.75) is 45.2 Å². The monoisotopic (exact) mass is 277 g/mol. The molecule has 0 fully saturated rings. The number of hydrogen-bond acceptors (Lipinski definition) is 3. The van der Waals surface area contributed by atoms with Crippen LogP contribution in [-0.4, -0.2) is 22.7 Å². The van der Waals surface area contributed by atoms with E-state index in [0.29, 0.717) is 24.6 Å². The number of rotatable bonds is 6. The zero-order valence-electron chi connectivity index (χ0n) is 11.0. The minimum atomic E-state index is -4.10. The molecule has 0 aliphatic rings. The van der Waals surface area contributed by atoms with Crippen LogP contribution in [0.5, 0.6) is 0 Å². The topological polar surface area (TPSA) is 57.8 Å². The van der Waals surface area contributed by atoms with Crippen molar-refractivity contribution in [2.75, 3.05) is 11.9 Å². The maximum absolute atomic E-state index is 11.9. The highest BCUT2D eigenvalue weighted by Gasteiger charge is 2.25. The van der Waals surface area contributed by atoms with Gasteiger partial charge in [-0.25, -0.2) is 4.98 Å². The molecule has 0 atom stereocenters. The van der Waals surface area contributed by atoms with E-state index in [2.05, 4.69) is 15.3 Å². The van der Waals surface area contributed by atoms with Crippen molar-refractivity contribution in [3.63, 3.8) is 0 Å². The lowest BCUT2D eigenvalue weighted by Gasteiger charge is -2.09. The quantitative estimate of drug-likeness (QED) is 0.786. The van der Waals surface area contributed by atoms with Crippen molar-refractivity contribution >= 4 is 5.82 Å². The molecule has 0 saturated carbocycles. The summed E-state index contributed by atoms with van der Waals surface area (Å²) in [5, 5.41) is 2.87. The summed E-state index contributed by atoms with van der Waals surface area (Å²) in [5.74, 6) is 1.05. The molecule has 1 heterocycles. The van der Waals surface area contributed by atoms with E-state index < -0.39 is 12.6 Å². The first-order chi connectivity index (χ1) is 8.78. The number of anilines is 1. The molecule has 0 aromatic carbocycles. The molecular weight excluding hydrogens is 259 g/mol. The van der Waals surface area contributed by atoms with Crippen molar-refractivity contribution in [3.8, 4) is 0 Å². The van der Waals surface area contributed by atoms with Crippen molar-refractivity contribution < 1.29 is 13.2 Å². The van der Waals surface area contributed by atoms with E-state index in [9.17, 15) is 18.0 Å². The molecule has 0 aliphatic heterocycles. The normalized spacial score (nSPS) is 11.9. The van der Waals surface area contributed by atoms with Crippen LogP contribution >= 0.6 is 0 Å². The van der Waals surface area contributed by atoms with Gasteiger partial charge in [0.15, 0.2) is 0 Å². The van der Waals surface area contributed by atoms with Crippen molar-refractivity contribution in [2.24, 2.45) is 0 Å². The third kappa shape index (κ3) is 6.26. The Morgan fingerprint density at radius 1 is 1.37 bits per heavy atom. The van der Waals surface area contributed by atoms with Crippen LogP contribution in [0.2, 0.25) is 0 Å². The maximum atomic E-state index is 11.9. The van der Waals surface area contributed by atoms with Gasteiger partial charge in [-0.05, 0) is 12.8 Å². The van der Waals surface area contributed by atoms with Gasteiger partial charge >= 0.3 is 6.18 Å². The van der Waals surface area contributed by atoms with Crippen LogP contribution in [0.1, 0.15) is 44.9 Å². The lowest BCUT2D eigenvalue weighted by Crippen LogP contribution is -2.15. The van der Waals surface area contributed by atoms with E-state index in [1.54, 1.807) is 0 Å². The molecule has 0 saturated heterocycles. The number of aromatic nitrogens is 2. The summed E-state index contributed by atoms with van der Waals surface area (Å²) in [4.78, 5) is 18.2. The molecule has 0 spiro atoms. The van der Waals surface area contributed by atoms with E-state index in [0.717, 1.165) is 0 Å². The van der Waals surface area contributed by atoms with Crippen LogP contribution in [0.4, 0.5) is 19.0 Å². The van der Waals surface area contributed by atoms with E-state index in [-0.39, 0.29) is 17.9 Å². The van der Waals surface area contributed by atoms with Crippen LogP contribution in [0.25, 0.3) is 0 Å². The molecule has 7 heteroatoms.